The second kappa shape index (κ2) is 4.99. The summed E-state index contributed by atoms with van der Waals surface area (Å²) in [7, 11) is 2.08. The van der Waals surface area contributed by atoms with Crippen molar-refractivity contribution in [2.75, 3.05) is 13.7 Å². The molecule has 4 heteroatoms. The number of hydrogen-bond donors (Lipinski definition) is 1. The van der Waals surface area contributed by atoms with E-state index >= 15 is 0 Å². The predicted octanol–water partition coefficient (Wildman–Crippen LogP) is 1.38. The van der Waals surface area contributed by atoms with Gasteiger partial charge in [0.2, 0.25) is 0 Å². The molecular weight excluding hydrogens is 206 g/mol. The Labute approximate surface area is 95.8 Å². The number of ether oxygens (including phenoxy) is 1. The molecule has 0 saturated carbocycles. The first-order chi connectivity index (χ1) is 7.70. The van der Waals surface area contributed by atoms with Gasteiger partial charge in [-0.2, -0.15) is 0 Å². The van der Waals surface area contributed by atoms with Crippen LogP contribution in [0, 0.1) is 0 Å². The zero-order valence-corrected chi connectivity index (χ0v) is 9.85. The zero-order valence-electron chi connectivity index (χ0n) is 9.85. The van der Waals surface area contributed by atoms with Crippen LogP contribution in [0.5, 0.6) is 0 Å². The standard InChI is InChI=1S/C12H19NO3/c1-9-12(5-6-15-9)13(2)7-10-3-4-11(8-14)16-10/h3-4,9,12,14H,5-8H2,1-2H3. The summed E-state index contributed by atoms with van der Waals surface area (Å²) in [5.41, 5.74) is 0. The van der Waals surface area contributed by atoms with Crippen LogP contribution >= 0.6 is 0 Å². The van der Waals surface area contributed by atoms with Gasteiger partial charge in [-0.15, -0.1) is 0 Å². The van der Waals surface area contributed by atoms with Gasteiger partial charge in [-0.25, -0.2) is 0 Å². The lowest BCUT2D eigenvalue weighted by Crippen LogP contribution is -2.36. The van der Waals surface area contributed by atoms with Gasteiger partial charge in [0.15, 0.2) is 0 Å². The van der Waals surface area contributed by atoms with E-state index in [2.05, 4.69) is 18.9 Å². The maximum Gasteiger partial charge on any atom is 0.129 e. The minimum Gasteiger partial charge on any atom is -0.462 e. The van der Waals surface area contributed by atoms with Gasteiger partial charge < -0.3 is 14.3 Å². The molecule has 1 aromatic heterocycles. The van der Waals surface area contributed by atoms with Crippen LogP contribution in [0.4, 0.5) is 0 Å². The molecule has 0 bridgehead atoms. The molecule has 1 fully saturated rings. The van der Waals surface area contributed by atoms with Crippen molar-refractivity contribution in [2.45, 2.75) is 38.6 Å². The molecule has 16 heavy (non-hydrogen) atoms. The molecule has 2 atom stereocenters. The molecule has 0 radical (unpaired) electrons. The minimum atomic E-state index is -0.0351. The largest absolute Gasteiger partial charge is 0.462 e. The quantitative estimate of drug-likeness (QED) is 0.841. The fraction of sp³-hybridized carbons (Fsp3) is 0.667. The van der Waals surface area contributed by atoms with Crippen molar-refractivity contribution in [3.63, 3.8) is 0 Å². The third kappa shape index (κ3) is 2.45. The Morgan fingerprint density at radius 3 is 2.75 bits per heavy atom. The number of furan rings is 1. The SMILES string of the molecule is CC1OCCC1N(C)Cc1ccc(CO)o1. The molecule has 1 aromatic rings. The van der Waals surface area contributed by atoms with Crippen LogP contribution in [0.1, 0.15) is 24.9 Å². The van der Waals surface area contributed by atoms with E-state index in [4.69, 9.17) is 14.3 Å². The van der Waals surface area contributed by atoms with Crippen molar-refractivity contribution < 1.29 is 14.3 Å². The van der Waals surface area contributed by atoms with Gasteiger partial charge in [-0.05, 0) is 32.5 Å². The van der Waals surface area contributed by atoms with Crippen molar-refractivity contribution in [3.8, 4) is 0 Å². The second-order valence-electron chi connectivity index (χ2n) is 4.37. The second-order valence-corrected chi connectivity index (χ2v) is 4.37. The molecule has 0 spiro atoms. The number of aliphatic hydroxyl groups is 1. The lowest BCUT2D eigenvalue weighted by atomic mass is 10.1. The summed E-state index contributed by atoms with van der Waals surface area (Å²) < 4.78 is 11.0. The van der Waals surface area contributed by atoms with Gasteiger partial charge >= 0.3 is 0 Å². The van der Waals surface area contributed by atoms with Gasteiger partial charge in [0.25, 0.3) is 0 Å². The van der Waals surface area contributed by atoms with E-state index in [1.54, 1.807) is 0 Å². The van der Waals surface area contributed by atoms with Crippen LogP contribution in [-0.2, 0) is 17.9 Å². The van der Waals surface area contributed by atoms with E-state index in [0.29, 0.717) is 11.8 Å². The summed E-state index contributed by atoms with van der Waals surface area (Å²) in [4.78, 5) is 2.25. The first-order valence-corrected chi connectivity index (χ1v) is 5.71. The van der Waals surface area contributed by atoms with E-state index < -0.39 is 0 Å². The van der Waals surface area contributed by atoms with Crippen molar-refractivity contribution in [3.05, 3.63) is 23.7 Å². The molecule has 1 aliphatic heterocycles. The summed E-state index contributed by atoms with van der Waals surface area (Å²) in [6.07, 6.45) is 1.36. The molecule has 4 nitrogen and oxygen atoms in total. The third-order valence-corrected chi connectivity index (χ3v) is 3.18. The van der Waals surface area contributed by atoms with Crippen LogP contribution in [0.25, 0.3) is 0 Å². The predicted molar refractivity (Wildman–Crippen MR) is 59.9 cm³/mol. The van der Waals surface area contributed by atoms with E-state index in [9.17, 15) is 0 Å². The Kier molecular flexibility index (Phi) is 3.63. The number of rotatable bonds is 4. The molecule has 2 unspecified atom stereocenters. The first-order valence-electron chi connectivity index (χ1n) is 5.71. The van der Waals surface area contributed by atoms with E-state index in [1.807, 2.05) is 12.1 Å². The minimum absolute atomic E-state index is 0.0351. The maximum atomic E-state index is 8.91. The first kappa shape index (κ1) is 11.6. The van der Waals surface area contributed by atoms with Crippen LogP contribution in [-0.4, -0.2) is 35.8 Å². The zero-order chi connectivity index (χ0) is 11.5. The van der Waals surface area contributed by atoms with Crippen LogP contribution in [0.3, 0.4) is 0 Å². The lowest BCUT2D eigenvalue weighted by molar-refractivity contribution is 0.0787. The molecular formula is C12H19NO3. The lowest BCUT2D eigenvalue weighted by Gasteiger charge is -2.25. The van der Waals surface area contributed by atoms with Gasteiger partial charge in [0.1, 0.15) is 18.1 Å². The van der Waals surface area contributed by atoms with E-state index in [1.165, 1.54) is 0 Å². The summed E-state index contributed by atoms with van der Waals surface area (Å²) in [6, 6.07) is 4.20. The molecule has 1 N–H and O–H groups in total. The van der Waals surface area contributed by atoms with Crippen molar-refractivity contribution in [1.82, 2.24) is 4.90 Å². The van der Waals surface area contributed by atoms with Crippen molar-refractivity contribution in [1.29, 1.82) is 0 Å². The highest BCUT2D eigenvalue weighted by Crippen LogP contribution is 2.20. The van der Waals surface area contributed by atoms with Gasteiger partial charge in [-0.3, -0.25) is 4.90 Å². The summed E-state index contributed by atoms with van der Waals surface area (Å²) in [5.74, 6) is 1.52. The normalized spacial score (nSPS) is 25.5. The Morgan fingerprint density at radius 1 is 1.44 bits per heavy atom. The average Bonchev–Trinajstić information content (AvgIpc) is 2.86. The molecule has 2 rings (SSSR count). The molecule has 0 amide bonds. The van der Waals surface area contributed by atoms with Crippen LogP contribution in [0.2, 0.25) is 0 Å². The highest BCUT2D eigenvalue weighted by Gasteiger charge is 2.28. The highest BCUT2D eigenvalue weighted by atomic mass is 16.5. The number of aliphatic hydroxyl groups excluding tert-OH is 1. The average molecular weight is 225 g/mol. The van der Waals surface area contributed by atoms with Gasteiger partial charge in [-0.1, -0.05) is 0 Å². The Morgan fingerprint density at radius 2 is 2.19 bits per heavy atom. The summed E-state index contributed by atoms with van der Waals surface area (Å²) >= 11 is 0. The van der Waals surface area contributed by atoms with E-state index in [-0.39, 0.29) is 12.7 Å². The molecule has 0 aromatic carbocycles. The molecule has 1 aliphatic rings. The Bertz CT molecular complexity index is 337. The molecule has 90 valence electrons. The summed E-state index contributed by atoms with van der Waals surface area (Å²) in [5, 5.41) is 8.91. The Balaban J connectivity index is 1.93. The molecule has 2 heterocycles. The monoisotopic (exact) mass is 225 g/mol. The maximum absolute atomic E-state index is 8.91. The highest BCUT2D eigenvalue weighted by molar-refractivity contribution is 5.06. The van der Waals surface area contributed by atoms with Gasteiger partial charge in [0.05, 0.1) is 12.6 Å². The van der Waals surface area contributed by atoms with E-state index in [0.717, 1.165) is 25.3 Å². The smallest absolute Gasteiger partial charge is 0.129 e. The molecule has 0 aliphatic carbocycles. The third-order valence-electron chi connectivity index (χ3n) is 3.18. The van der Waals surface area contributed by atoms with Crippen LogP contribution < -0.4 is 0 Å². The van der Waals surface area contributed by atoms with Crippen molar-refractivity contribution in [2.24, 2.45) is 0 Å². The fourth-order valence-electron chi connectivity index (χ4n) is 2.25. The summed E-state index contributed by atoms with van der Waals surface area (Å²) in [6.45, 7) is 3.68. The van der Waals surface area contributed by atoms with Gasteiger partial charge in [0, 0.05) is 12.6 Å². The Hall–Kier alpha value is -0.840. The molecule has 1 saturated heterocycles. The number of hydrogen-bond acceptors (Lipinski definition) is 4. The number of nitrogens with zero attached hydrogens (tertiary/aromatic N) is 1. The van der Waals surface area contributed by atoms with Crippen LogP contribution in [0.15, 0.2) is 16.5 Å². The number of likely N-dealkylation sites (N-methyl/N-ethyl adjacent to an activating group) is 1. The topological polar surface area (TPSA) is 45.8 Å². The fourth-order valence-corrected chi connectivity index (χ4v) is 2.25. The van der Waals surface area contributed by atoms with Crippen molar-refractivity contribution >= 4 is 0 Å².